The number of halogens is 1. The maximum absolute atomic E-state index is 13.2. The van der Waals surface area contributed by atoms with Gasteiger partial charge >= 0.3 is 0 Å². The third kappa shape index (κ3) is 2.69. The molecule has 0 aliphatic carbocycles. The Morgan fingerprint density at radius 3 is 2.50 bits per heavy atom. The monoisotopic (exact) mass is 384 g/mol. The third-order valence-electron chi connectivity index (χ3n) is 4.86. The maximum atomic E-state index is 13.2. The Bertz CT molecular complexity index is 989. The van der Waals surface area contributed by atoms with Crippen LogP contribution in [0, 0.1) is 5.82 Å². The van der Waals surface area contributed by atoms with E-state index < -0.39 is 23.2 Å². The van der Waals surface area contributed by atoms with E-state index >= 15 is 0 Å². The van der Waals surface area contributed by atoms with Crippen LogP contribution < -0.4 is 14.4 Å². The van der Waals surface area contributed by atoms with E-state index in [1.807, 2.05) is 0 Å². The van der Waals surface area contributed by atoms with Crippen molar-refractivity contribution in [3.05, 3.63) is 53.8 Å². The molecule has 0 aromatic heterocycles. The molecule has 7 nitrogen and oxygen atoms in total. The normalized spacial score (nSPS) is 21.1. The lowest BCUT2D eigenvalue weighted by atomic mass is 9.92. The molecule has 2 aliphatic rings. The second-order valence-corrected chi connectivity index (χ2v) is 6.53. The highest BCUT2D eigenvalue weighted by molar-refractivity contribution is 6.26. The number of ether oxygens (including phenoxy) is 2. The van der Waals surface area contributed by atoms with Gasteiger partial charge in [0.1, 0.15) is 5.82 Å². The first kappa shape index (κ1) is 18.0. The summed E-state index contributed by atoms with van der Waals surface area (Å²) in [7, 11) is 3.03. The zero-order valence-electron chi connectivity index (χ0n) is 15.3. The standard InChI is InChI=1S/C20H17FN2O5/c1-26-16-5-3-4-14(18(16)27-2)15-10-20(28-22-15)11-17(24)23(19(20)25)13-8-6-12(21)7-9-13/h3-9H,10-11H2,1-2H3. The van der Waals surface area contributed by atoms with Crippen molar-refractivity contribution in [2.75, 3.05) is 19.1 Å². The van der Waals surface area contributed by atoms with Crippen LogP contribution in [0.1, 0.15) is 18.4 Å². The van der Waals surface area contributed by atoms with Crippen LogP contribution in [0.25, 0.3) is 0 Å². The van der Waals surface area contributed by atoms with E-state index in [4.69, 9.17) is 14.3 Å². The summed E-state index contributed by atoms with van der Waals surface area (Å²) in [5.74, 6) is -0.414. The number of rotatable bonds is 4. The molecular weight excluding hydrogens is 367 g/mol. The number of anilines is 1. The molecule has 2 aromatic carbocycles. The summed E-state index contributed by atoms with van der Waals surface area (Å²) in [6, 6.07) is 10.4. The molecule has 2 heterocycles. The number of hydrogen-bond donors (Lipinski definition) is 0. The lowest BCUT2D eigenvalue weighted by molar-refractivity contribution is -0.136. The van der Waals surface area contributed by atoms with Crippen LogP contribution >= 0.6 is 0 Å². The first-order chi connectivity index (χ1) is 13.5. The molecule has 0 saturated carbocycles. The first-order valence-corrected chi connectivity index (χ1v) is 8.58. The van der Waals surface area contributed by atoms with Crippen LogP contribution in [-0.2, 0) is 14.4 Å². The number of imide groups is 1. The van der Waals surface area contributed by atoms with Crippen molar-refractivity contribution in [1.82, 2.24) is 0 Å². The number of carbonyl (C=O) groups excluding carboxylic acids is 2. The number of benzene rings is 2. The number of amides is 2. The minimum Gasteiger partial charge on any atom is -0.493 e. The van der Waals surface area contributed by atoms with Gasteiger partial charge in [0, 0.05) is 12.0 Å². The van der Waals surface area contributed by atoms with Crippen molar-refractivity contribution in [2.45, 2.75) is 18.4 Å². The van der Waals surface area contributed by atoms with Crippen molar-refractivity contribution in [2.24, 2.45) is 5.16 Å². The van der Waals surface area contributed by atoms with Gasteiger partial charge in [-0.3, -0.25) is 9.59 Å². The fourth-order valence-corrected chi connectivity index (χ4v) is 3.51. The van der Waals surface area contributed by atoms with Crippen LogP contribution in [0.2, 0.25) is 0 Å². The van der Waals surface area contributed by atoms with E-state index in [0.29, 0.717) is 28.5 Å². The largest absolute Gasteiger partial charge is 0.493 e. The minimum atomic E-state index is -1.41. The summed E-state index contributed by atoms with van der Waals surface area (Å²) in [6.07, 6.45) is -0.0404. The second-order valence-electron chi connectivity index (χ2n) is 6.53. The van der Waals surface area contributed by atoms with E-state index in [2.05, 4.69) is 5.16 Å². The Morgan fingerprint density at radius 1 is 1.07 bits per heavy atom. The second kappa shape index (κ2) is 6.63. The zero-order valence-corrected chi connectivity index (χ0v) is 15.3. The Hall–Kier alpha value is -3.42. The summed E-state index contributed by atoms with van der Waals surface area (Å²) < 4.78 is 23.9. The first-order valence-electron chi connectivity index (χ1n) is 8.58. The number of methoxy groups -OCH3 is 2. The summed E-state index contributed by atoms with van der Waals surface area (Å²) in [5, 5.41) is 4.07. The molecule has 2 aromatic rings. The minimum absolute atomic E-state index is 0.110. The molecule has 0 radical (unpaired) electrons. The van der Waals surface area contributed by atoms with Gasteiger partial charge in [0.25, 0.3) is 5.91 Å². The van der Waals surface area contributed by atoms with Gasteiger partial charge in [0.15, 0.2) is 11.5 Å². The van der Waals surface area contributed by atoms with E-state index in [0.717, 1.165) is 4.90 Å². The van der Waals surface area contributed by atoms with E-state index in [1.54, 1.807) is 18.2 Å². The highest BCUT2D eigenvalue weighted by atomic mass is 19.1. The quantitative estimate of drug-likeness (QED) is 0.758. The molecule has 1 spiro atoms. The highest BCUT2D eigenvalue weighted by Gasteiger charge is 2.58. The molecule has 0 N–H and O–H groups in total. The summed E-state index contributed by atoms with van der Waals surface area (Å²) >= 11 is 0. The van der Waals surface area contributed by atoms with Gasteiger partial charge < -0.3 is 14.3 Å². The average molecular weight is 384 g/mol. The Kier molecular flexibility index (Phi) is 4.26. The van der Waals surface area contributed by atoms with Gasteiger partial charge in [-0.05, 0) is 36.4 Å². The molecule has 1 saturated heterocycles. The highest BCUT2D eigenvalue weighted by Crippen LogP contribution is 2.41. The van der Waals surface area contributed by atoms with Crippen LogP contribution in [0.4, 0.5) is 10.1 Å². The van der Waals surface area contributed by atoms with Gasteiger partial charge in [-0.1, -0.05) is 11.2 Å². The van der Waals surface area contributed by atoms with Gasteiger partial charge in [-0.15, -0.1) is 0 Å². The van der Waals surface area contributed by atoms with Crippen molar-refractivity contribution in [3.8, 4) is 11.5 Å². The van der Waals surface area contributed by atoms with E-state index in [1.165, 1.54) is 38.5 Å². The number of hydrogen-bond acceptors (Lipinski definition) is 6. The molecule has 28 heavy (non-hydrogen) atoms. The molecular formula is C20H17FN2O5. The lowest BCUT2D eigenvalue weighted by Gasteiger charge is -2.19. The SMILES string of the molecule is COc1cccc(C2=NOC3(CC(=O)N(c4ccc(F)cc4)C3=O)C2)c1OC. The predicted molar refractivity (Wildman–Crippen MR) is 98.0 cm³/mol. The molecule has 1 unspecified atom stereocenters. The van der Waals surface area contributed by atoms with E-state index in [9.17, 15) is 14.0 Å². The number of para-hydroxylation sites is 1. The van der Waals surface area contributed by atoms with Crippen LogP contribution in [0.15, 0.2) is 47.6 Å². The molecule has 1 fully saturated rings. The lowest BCUT2D eigenvalue weighted by Crippen LogP contribution is -2.40. The summed E-state index contributed by atoms with van der Waals surface area (Å²) in [5.41, 5.74) is -0.00382. The van der Waals surface area contributed by atoms with Crippen LogP contribution in [0.3, 0.4) is 0 Å². The van der Waals surface area contributed by atoms with Gasteiger partial charge in [0.05, 0.1) is 32.0 Å². The number of nitrogens with zero attached hydrogens (tertiary/aromatic N) is 2. The fraction of sp³-hybridized carbons (Fsp3) is 0.250. The van der Waals surface area contributed by atoms with Crippen molar-refractivity contribution >= 4 is 23.2 Å². The summed E-state index contributed by atoms with van der Waals surface area (Å²) in [4.78, 5) is 32.1. The number of oxime groups is 1. The maximum Gasteiger partial charge on any atom is 0.281 e. The van der Waals surface area contributed by atoms with Gasteiger partial charge in [-0.2, -0.15) is 0 Å². The molecule has 2 aliphatic heterocycles. The average Bonchev–Trinajstić information content (AvgIpc) is 3.23. The molecule has 4 rings (SSSR count). The third-order valence-corrected chi connectivity index (χ3v) is 4.86. The van der Waals surface area contributed by atoms with Crippen molar-refractivity contribution in [3.63, 3.8) is 0 Å². The molecule has 2 amide bonds. The smallest absolute Gasteiger partial charge is 0.281 e. The zero-order chi connectivity index (χ0) is 19.9. The van der Waals surface area contributed by atoms with E-state index in [-0.39, 0.29) is 12.8 Å². The van der Waals surface area contributed by atoms with Gasteiger partial charge in [0.2, 0.25) is 11.5 Å². The topological polar surface area (TPSA) is 77.4 Å². The Balaban J connectivity index is 1.64. The molecule has 0 bridgehead atoms. The van der Waals surface area contributed by atoms with Crippen molar-refractivity contribution < 1.29 is 28.3 Å². The van der Waals surface area contributed by atoms with Crippen LogP contribution in [0.5, 0.6) is 11.5 Å². The van der Waals surface area contributed by atoms with Crippen LogP contribution in [-0.4, -0.2) is 37.3 Å². The molecule has 144 valence electrons. The van der Waals surface area contributed by atoms with Gasteiger partial charge in [-0.25, -0.2) is 9.29 Å². The predicted octanol–water partition coefficient (Wildman–Crippen LogP) is 2.67. The summed E-state index contributed by atoms with van der Waals surface area (Å²) in [6.45, 7) is 0. The van der Waals surface area contributed by atoms with Crippen molar-refractivity contribution in [1.29, 1.82) is 0 Å². The Morgan fingerprint density at radius 2 is 1.82 bits per heavy atom. The molecule has 8 heteroatoms. The molecule has 1 atom stereocenters. The number of carbonyl (C=O) groups is 2. The Labute approximate surface area is 160 Å². The fourth-order valence-electron chi connectivity index (χ4n) is 3.51.